The van der Waals surface area contributed by atoms with Crippen molar-refractivity contribution in [2.24, 2.45) is 11.8 Å². The number of rotatable bonds is 6. The molecule has 2 fully saturated rings. The average molecular weight is 334 g/mol. The number of hydrogen-bond acceptors (Lipinski definition) is 0. The first kappa shape index (κ1) is 16.9. The van der Waals surface area contributed by atoms with Crippen LogP contribution in [0.4, 0.5) is 0 Å². The Balaban J connectivity index is 1.50. The molecule has 122 valence electrons. The van der Waals surface area contributed by atoms with Crippen LogP contribution in [0.25, 0.3) is 0 Å². The highest BCUT2D eigenvalue weighted by atomic mass is 31.1. The summed E-state index contributed by atoms with van der Waals surface area (Å²) in [6, 6.07) is 9.37. The molecule has 2 unspecified atom stereocenters. The molecule has 0 nitrogen and oxygen atoms in total. The second-order valence-electron chi connectivity index (χ2n) is 7.32. The third-order valence-corrected chi connectivity index (χ3v) is 8.99. The maximum Gasteiger partial charge on any atom is -0.0197 e. The number of benzene rings is 1. The molecule has 0 heterocycles. The van der Waals surface area contributed by atoms with Crippen LogP contribution in [0.3, 0.4) is 0 Å². The minimum absolute atomic E-state index is 1.03. The Labute approximate surface area is 140 Å². The number of hydrogen-bond donors (Lipinski definition) is 0. The van der Waals surface area contributed by atoms with Gasteiger partial charge in [-0.15, -0.1) is 0 Å². The summed E-state index contributed by atoms with van der Waals surface area (Å²) in [6.07, 6.45) is 17.8. The fourth-order valence-corrected chi connectivity index (χ4v) is 7.42. The lowest BCUT2D eigenvalue weighted by Crippen LogP contribution is -2.20. The molecule has 22 heavy (non-hydrogen) atoms. The maximum absolute atomic E-state index is 2.42. The van der Waals surface area contributed by atoms with E-state index >= 15 is 0 Å². The van der Waals surface area contributed by atoms with E-state index in [-0.39, 0.29) is 0 Å². The molecule has 2 saturated carbocycles. The Morgan fingerprint density at radius 3 is 1.45 bits per heavy atom. The van der Waals surface area contributed by atoms with Crippen LogP contribution in [0.15, 0.2) is 24.3 Å². The van der Waals surface area contributed by atoms with Crippen LogP contribution in [-0.4, -0.2) is 12.3 Å². The highest BCUT2D eigenvalue weighted by Crippen LogP contribution is 2.31. The zero-order valence-corrected chi connectivity index (χ0v) is 15.9. The van der Waals surface area contributed by atoms with Gasteiger partial charge in [0.15, 0.2) is 0 Å². The van der Waals surface area contributed by atoms with Gasteiger partial charge in [-0.05, 0) is 34.8 Å². The summed E-state index contributed by atoms with van der Waals surface area (Å²) in [4.78, 5) is 0. The van der Waals surface area contributed by atoms with Crippen molar-refractivity contribution in [1.29, 1.82) is 0 Å². The summed E-state index contributed by atoms with van der Waals surface area (Å²) < 4.78 is 0. The summed E-state index contributed by atoms with van der Waals surface area (Å²) in [5.74, 6) is 2.06. The van der Waals surface area contributed by atoms with Gasteiger partial charge in [-0.2, -0.15) is 0 Å². The second kappa shape index (κ2) is 9.39. The SMILES string of the molecule is c1ccc(PCC2CCCCC2)c(PCC2CCCCC2)c1. The summed E-state index contributed by atoms with van der Waals surface area (Å²) in [5, 5.41) is 3.39. The first-order chi connectivity index (χ1) is 10.9. The van der Waals surface area contributed by atoms with E-state index in [1.807, 2.05) is 0 Å². The Morgan fingerprint density at radius 1 is 0.636 bits per heavy atom. The molecule has 2 heteroatoms. The highest BCUT2D eigenvalue weighted by Gasteiger charge is 2.16. The van der Waals surface area contributed by atoms with Crippen LogP contribution in [-0.2, 0) is 0 Å². The molecule has 1 aromatic rings. The van der Waals surface area contributed by atoms with Crippen molar-refractivity contribution in [3.8, 4) is 0 Å². The van der Waals surface area contributed by atoms with E-state index in [1.165, 1.54) is 76.5 Å². The van der Waals surface area contributed by atoms with E-state index < -0.39 is 0 Å². The minimum atomic E-state index is 1.03. The Hall–Kier alpha value is 0.0800. The predicted octanol–water partition coefficient (Wildman–Crippen LogP) is 5.45. The van der Waals surface area contributed by atoms with Gasteiger partial charge in [-0.1, -0.05) is 106 Å². The van der Waals surface area contributed by atoms with Crippen LogP contribution in [0.5, 0.6) is 0 Å². The molecule has 0 amide bonds. The second-order valence-corrected chi connectivity index (χ2v) is 9.92. The first-order valence-corrected chi connectivity index (χ1v) is 11.9. The highest BCUT2D eigenvalue weighted by molar-refractivity contribution is 7.54. The Kier molecular flexibility index (Phi) is 7.23. The van der Waals surface area contributed by atoms with E-state index in [4.69, 9.17) is 0 Å². The molecule has 3 rings (SSSR count). The molecule has 2 aliphatic rings. The van der Waals surface area contributed by atoms with Gasteiger partial charge in [0.25, 0.3) is 0 Å². The van der Waals surface area contributed by atoms with Gasteiger partial charge < -0.3 is 0 Å². The maximum atomic E-state index is 2.42. The predicted molar refractivity (Wildman–Crippen MR) is 105 cm³/mol. The summed E-state index contributed by atoms with van der Waals surface area (Å²) in [6.45, 7) is 0. The lowest BCUT2D eigenvalue weighted by atomic mass is 9.91. The molecule has 0 spiro atoms. The fraction of sp³-hybridized carbons (Fsp3) is 0.700. The summed E-state index contributed by atoms with van der Waals surface area (Å²) in [7, 11) is 2.12. The molecular formula is C20H32P2. The van der Waals surface area contributed by atoms with E-state index in [0.717, 1.165) is 29.0 Å². The quantitative estimate of drug-likeness (QED) is 0.606. The van der Waals surface area contributed by atoms with Gasteiger partial charge in [0.1, 0.15) is 0 Å². The Morgan fingerprint density at radius 2 is 1.05 bits per heavy atom. The zero-order chi connectivity index (χ0) is 15.0. The first-order valence-electron chi connectivity index (χ1n) is 9.48. The lowest BCUT2D eigenvalue weighted by Gasteiger charge is -2.23. The summed E-state index contributed by atoms with van der Waals surface area (Å²) in [5.41, 5.74) is 0. The molecule has 0 N–H and O–H groups in total. The minimum Gasteiger partial charge on any atom is -0.0894 e. The molecule has 0 saturated heterocycles. The third-order valence-electron chi connectivity index (χ3n) is 5.54. The molecule has 0 aromatic heterocycles. The monoisotopic (exact) mass is 334 g/mol. The summed E-state index contributed by atoms with van der Waals surface area (Å²) >= 11 is 0. The molecular weight excluding hydrogens is 302 g/mol. The van der Waals surface area contributed by atoms with Gasteiger partial charge in [0.2, 0.25) is 0 Å². The van der Waals surface area contributed by atoms with Crippen LogP contribution < -0.4 is 10.6 Å². The molecule has 1 aromatic carbocycles. The fourth-order valence-electron chi connectivity index (χ4n) is 4.08. The molecule has 2 atom stereocenters. The largest absolute Gasteiger partial charge is 0.0894 e. The Bertz CT molecular complexity index is 390. The van der Waals surface area contributed by atoms with E-state index in [2.05, 4.69) is 24.3 Å². The topological polar surface area (TPSA) is 0 Å². The third kappa shape index (κ3) is 5.32. The van der Waals surface area contributed by atoms with Crippen molar-refractivity contribution in [2.45, 2.75) is 64.2 Å². The van der Waals surface area contributed by atoms with Crippen molar-refractivity contribution in [1.82, 2.24) is 0 Å². The van der Waals surface area contributed by atoms with Gasteiger partial charge in [0.05, 0.1) is 0 Å². The van der Waals surface area contributed by atoms with Crippen molar-refractivity contribution in [3.63, 3.8) is 0 Å². The van der Waals surface area contributed by atoms with Crippen molar-refractivity contribution in [2.75, 3.05) is 12.3 Å². The normalized spacial score (nSPS) is 22.2. The van der Waals surface area contributed by atoms with Crippen molar-refractivity contribution in [3.05, 3.63) is 24.3 Å². The van der Waals surface area contributed by atoms with E-state index in [1.54, 1.807) is 10.6 Å². The zero-order valence-electron chi connectivity index (χ0n) is 13.9. The van der Waals surface area contributed by atoms with Gasteiger partial charge in [0, 0.05) is 0 Å². The average Bonchev–Trinajstić information content (AvgIpc) is 2.61. The smallest absolute Gasteiger partial charge is 0.0197 e. The molecule has 0 bridgehead atoms. The van der Waals surface area contributed by atoms with Gasteiger partial charge in [-0.3, -0.25) is 0 Å². The van der Waals surface area contributed by atoms with Crippen LogP contribution in [0.2, 0.25) is 0 Å². The van der Waals surface area contributed by atoms with Gasteiger partial charge in [-0.25, -0.2) is 0 Å². The van der Waals surface area contributed by atoms with Crippen LogP contribution in [0, 0.1) is 11.8 Å². The van der Waals surface area contributed by atoms with Gasteiger partial charge >= 0.3 is 0 Å². The molecule has 0 aliphatic heterocycles. The lowest BCUT2D eigenvalue weighted by molar-refractivity contribution is 0.390. The van der Waals surface area contributed by atoms with Crippen LogP contribution >= 0.6 is 17.2 Å². The van der Waals surface area contributed by atoms with E-state index in [0.29, 0.717) is 0 Å². The standard InChI is InChI=1S/C20H32P2/c1-3-9-17(10-4-1)15-21-19-13-7-8-14-20(19)22-16-18-11-5-2-6-12-18/h7-8,13-14,17-18,21-22H,1-6,9-12,15-16H2. The van der Waals surface area contributed by atoms with Crippen molar-refractivity contribution >= 4 is 27.8 Å². The van der Waals surface area contributed by atoms with Crippen molar-refractivity contribution < 1.29 is 0 Å². The molecule has 2 aliphatic carbocycles. The van der Waals surface area contributed by atoms with E-state index in [9.17, 15) is 0 Å². The molecule has 0 radical (unpaired) electrons. The van der Waals surface area contributed by atoms with Crippen LogP contribution in [0.1, 0.15) is 64.2 Å².